The van der Waals surface area contributed by atoms with Crippen molar-refractivity contribution in [3.05, 3.63) is 35.6 Å². The summed E-state index contributed by atoms with van der Waals surface area (Å²) in [6, 6.07) is 6.17. The summed E-state index contributed by atoms with van der Waals surface area (Å²) in [7, 11) is 0. The maximum absolute atomic E-state index is 12.8. The van der Waals surface area contributed by atoms with Crippen LogP contribution in [-0.4, -0.2) is 35.8 Å². The Morgan fingerprint density at radius 2 is 1.86 bits per heavy atom. The standard InChI is InChI=1S/C16H23FN2O2/c1-4-19(11-15(20)18-12(2)3)16(21)10-7-13-5-8-14(17)9-6-13/h5-6,8-9,12H,4,7,10-11H2,1-3H3,(H,18,20). The van der Waals surface area contributed by atoms with Crippen molar-refractivity contribution in [3.8, 4) is 0 Å². The molecule has 0 unspecified atom stereocenters. The summed E-state index contributed by atoms with van der Waals surface area (Å²) in [6.07, 6.45) is 0.857. The number of amides is 2. The van der Waals surface area contributed by atoms with Crippen LogP contribution in [0.3, 0.4) is 0 Å². The van der Waals surface area contributed by atoms with Crippen LogP contribution in [0.2, 0.25) is 0 Å². The molecule has 0 fully saturated rings. The summed E-state index contributed by atoms with van der Waals surface area (Å²) in [5.74, 6) is -0.506. The maximum atomic E-state index is 12.8. The van der Waals surface area contributed by atoms with Crippen molar-refractivity contribution in [2.75, 3.05) is 13.1 Å². The molecular formula is C16H23FN2O2. The number of hydrogen-bond donors (Lipinski definition) is 1. The van der Waals surface area contributed by atoms with Crippen molar-refractivity contribution in [3.63, 3.8) is 0 Å². The lowest BCUT2D eigenvalue weighted by atomic mass is 10.1. The van der Waals surface area contributed by atoms with Crippen molar-refractivity contribution in [2.45, 2.75) is 39.7 Å². The molecule has 0 aliphatic heterocycles. The Kier molecular flexibility index (Phi) is 6.85. The van der Waals surface area contributed by atoms with Crippen LogP contribution in [0.15, 0.2) is 24.3 Å². The largest absolute Gasteiger partial charge is 0.352 e. The molecule has 0 spiro atoms. The number of carbonyl (C=O) groups is 2. The van der Waals surface area contributed by atoms with Crippen LogP contribution < -0.4 is 5.32 Å². The van der Waals surface area contributed by atoms with Gasteiger partial charge in [0.15, 0.2) is 0 Å². The summed E-state index contributed by atoms with van der Waals surface area (Å²) in [5, 5.41) is 2.77. The van der Waals surface area contributed by atoms with Crippen molar-refractivity contribution >= 4 is 11.8 Å². The zero-order valence-corrected chi connectivity index (χ0v) is 12.9. The number of halogens is 1. The van der Waals surface area contributed by atoms with E-state index in [2.05, 4.69) is 5.32 Å². The van der Waals surface area contributed by atoms with E-state index in [0.29, 0.717) is 19.4 Å². The van der Waals surface area contributed by atoms with E-state index in [1.807, 2.05) is 20.8 Å². The van der Waals surface area contributed by atoms with Gasteiger partial charge in [0.1, 0.15) is 5.82 Å². The zero-order valence-electron chi connectivity index (χ0n) is 12.9. The van der Waals surface area contributed by atoms with Gasteiger partial charge in [0, 0.05) is 19.0 Å². The molecule has 4 nitrogen and oxygen atoms in total. The third-order valence-electron chi connectivity index (χ3n) is 3.06. The van der Waals surface area contributed by atoms with Gasteiger partial charge in [0.25, 0.3) is 0 Å². The highest BCUT2D eigenvalue weighted by Crippen LogP contribution is 2.07. The van der Waals surface area contributed by atoms with E-state index >= 15 is 0 Å². The third kappa shape index (κ3) is 6.38. The van der Waals surface area contributed by atoms with E-state index < -0.39 is 0 Å². The fraction of sp³-hybridized carbons (Fsp3) is 0.500. The minimum absolute atomic E-state index is 0.0607. The first-order valence-corrected chi connectivity index (χ1v) is 7.24. The van der Waals surface area contributed by atoms with Gasteiger partial charge >= 0.3 is 0 Å². The minimum atomic E-state index is -0.286. The number of rotatable bonds is 7. The molecule has 0 heterocycles. The van der Waals surface area contributed by atoms with Gasteiger partial charge in [-0.15, -0.1) is 0 Å². The smallest absolute Gasteiger partial charge is 0.239 e. The molecule has 21 heavy (non-hydrogen) atoms. The number of hydrogen-bond acceptors (Lipinski definition) is 2. The molecule has 0 aliphatic rings. The average Bonchev–Trinajstić information content (AvgIpc) is 2.43. The number of benzene rings is 1. The minimum Gasteiger partial charge on any atom is -0.352 e. The number of nitrogens with zero attached hydrogens (tertiary/aromatic N) is 1. The quantitative estimate of drug-likeness (QED) is 0.837. The van der Waals surface area contributed by atoms with E-state index in [0.717, 1.165) is 5.56 Å². The normalized spacial score (nSPS) is 10.5. The molecule has 0 saturated carbocycles. The van der Waals surface area contributed by atoms with E-state index in [4.69, 9.17) is 0 Å². The Hall–Kier alpha value is -1.91. The van der Waals surface area contributed by atoms with Gasteiger partial charge in [-0.3, -0.25) is 9.59 Å². The van der Waals surface area contributed by atoms with Gasteiger partial charge < -0.3 is 10.2 Å². The van der Waals surface area contributed by atoms with Crippen LogP contribution in [0.4, 0.5) is 4.39 Å². The van der Waals surface area contributed by atoms with Crippen LogP contribution >= 0.6 is 0 Å². The fourth-order valence-corrected chi connectivity index (χ4v) is 1.98. The second-order valence-corrected chi connectivity index (χ2v) is 5.26. The predicted molar refractivity (Wildman–Crippen MR) is 80.3 cm³/mol. The highest BCUT2D eigenvalue weighted by Gasteiger charge is 2.15. The molecule has 0 saturated heterocycles. The summed E-state index contributed by atoms with van der Waals surface area (Å²) in [4.78, 5) is 25.3. The molecule has 1 N–H and O–H groups in total. The molecular weight excluding hydrogens is 271 g/mol. The lowest BCUT2D eigenvalue weighted by molar-refractivity contribution is -0.136. The molecule has 0 aromatic heterocycles. The van der Waals surface area contributed by atoms with Crippen LogP contribution in [0.25, 0.3) is 0 Å². The van der Waals surface area contributed by atoms with Crippen molar-refractivity contribution in [1.82, 2.24) is 10.2 Å². The summed E-state index contributed by atoms with van der Waals surface area (Å²) >= 11 is 0. The summed E-state index contributed by atoms with van der Waals surface area (Å²) in [5.41, 5.74) is 0.910. The highest BCUT2D eigenvalue weighted by atomic mass is 19.1. The molecule has 116 valence electrons. The van der Waals surface area contributed by atoms with Gasteiger partial charge in [-0.2, -0.15) is 0 Å². The highest BCUT2D eigenvalue weighted by molar-refractivity contribution is 5.85. The Morgan fingerprint density at radius 1 is 1.24 bits per heavy atom. The molecule has 0 atom stereocenters. The number of likely N-dealkylation sites (N-methyl/N-ethyl adjacent to an activating group) is 1. The van der Waals surface area contributed by atoms with Gasteiger partial charge in [0.2, 0.25) is 11.8 Å². The topological polar surface area (TPSA) is 49.4 Å². The Bertz CT molecular complexity index is 472. The molecule has 0 radical (unpaired) electrons. The van der Waals surface area contributed by atoms with Crippen LogP contribution in [0, 0.1) is 5.82 Å². The third-order valence-corrected chi connectivity index (χ3v) is 3.06. The van der Waals surface area contributed by atoms with Gasteiger partial charge in [-0.1, -0.05) is 12.1 Å². The van der Waals surface area contributed by atoms with E-state index in [-0.39, 0.29) is 30.2 Å². The van der Waals surface area contributed by atoms with Crippen molar-refractivity contribution in [1.29, 1.82) is 0 Å². The first kappa shape index (κ1) is 17.1. The summed E-state index contributed by atoms with van der Waals surface area (Å²) in [6.45, 7) is 6.18. The fourth-order valence-electron chi connectivity index (χ4n) is 1.98. The molecule has 1 aromatic rings. The Labute approximate surface area is 125 Å². The van der Waals surface area contributed by atoms with Crippen molar-refractivity contribution in [2.24, 2.45) is 0 Å². The SMILES string of the molecule is CCN(CC(=O)NC(C)C)C(=O)CCc1ccc(F)cc1. The molecule has 0 aliphatic carbocycles. The number of nitrogens with one attached hydrogen (secondary N) is 1. The van der Waals surface area contributed by atoms with E-state index in [9.17, 15) is 14.0 Å². The molecule has 1 rings (SSSR count). The second-order valence-electron chi connectivity index (χ2n) is 5.26. The van der Waals surface area contributed by atoms with Crippen LogP contribution in [0.5, 0.6) is 0 Å². The first-order chi connectivity index (χ1) is 9.92. The molecule has 0 bridgehead atoms. The molecule has 2 amide bonds. The Morgan fingerprint density at radius 3 is 2.38 bits per heavy atom. The molecule has 1 aromatic carbocycles. The monoisotopic (exact) mass is 294 g/mol. The maximum Gasteiger partial charge on any atom is 0.239 e. The Balaban J connectivity index is 2.47. The van der Waals surface area contributed by atoms with Gasteiger partial charge in [0.05, 0.1) is 6.54 Å². The van der Waals surface area contributed by atoms with E-state index in [1.54, 1.807) is 12.1 Å². The number of aryl methyl sites for hydroxylation is 1. The van der Waals surface area contributed by atoms with Crippen molar-refractivity contribution < 1.29 is 14.0 Å². The van der Waals surface area contributed by atoms with Gasteiger partial charge in [-0.05, 0) is 44.9 Å². The first-order valence-electron chi connectivity index (χ1n) is 7.24. The average molecular weight is 294 g/mol. The lowest BCUT2D eigenvalue weighted by Gasteiger charge is -2.21. The van der Waals surface area contributed by atoms with Gasteiger partial charge in [-0.25, -0.2) is 4.39 Å². The van der Waals surface area contributed by atoms with E-state index in [1.165, 1.54) is 17.0 Å². The predicted octanol–water partition coefficient (Wildman–Crippen LogP) is 2.13. The van der Waals surface area contributed by atoms with Crippen LogP contribution in [-0.2, 0) is 16.0 Å². The number of carbonyl (C=O) groups excluding carboxylic acids is 2. The lowest BCUT2D eigenvalue weighted by Crippen LogP contribution is -2.42. The second kappa shape index (κ2) is 8.39. The molecule has 5 heteroatoms. The zero-order chi connectivity index (χ0) is 15.8. The summed E-state index contributed by atoms with van der Waals surface area (Å²) < 4.78 is 12.8. The van der Waals surface area contributed by atoms with Crippen LogP contribution in [0.1, 0.15) is 32.8 Å².